The Kier molecular flexibility index (Phi) is 7.43. The molecule has 0 spiro atoms. The van der Waals surface area contributed by atoms with Gasteiger partial charge in [0, 0.05) is 54.0 Å². The van der Waals surface area contributed by atoms with Gasteiger partial charge in [0.25, 0.3) is 5.91 Å². The standard InChI is InChI=1S/C30H31BrN2O5/c1-17-7-4-8-19(13-17)32-26(36)16-38-30-20(31)14-18(15-25(30)37-3)27-28-21(9-5-11-23(28)34)33(2)22-10-6-12-24(35)29(22)27/h4,7-8,13-15,27H,5-6,9-12,16H2,1-3H3,(H,32,36). The Hall–Kier alpha value is -3.39. The molecule has 198 valence electrons. The van der Waals surface area contributed by atoms with Crippen molar-refractivity contribution < 1.29 is 23.9 Å². The number of benzene rings is 2. The summed E-state index contributed by atoms with van der Waals surface area (Å²) < 4.78 is 12.1. The smallest absolute Gasteiger partial charge is 0.262 e. The molecule has 7 nitrogen and oxygen atoms in total. The van der Waals surface area contributed by atoms with Crippen LogP contribution in [0.2, 0.25) is 0 Å². The second-order valence-corrected chi connectivity index (χ2v) is 10.9. The van der Waals surface area contributed by atoms with Crippen LogP contribution in [0.15, 0.2) is 63.4 Å². The molecule has 2 aromatic carbocycles. The summed E-state index contributed by atoms with van der Waals surface area (Å²) in [5.41, 5.74) is 6.00. The molecule has 3 aliphatic rings. The minimum absolute atomic E-state index is 0.0938. The zero-order valence-corrected chi connectivity index (χ0v) is 23.4. The van der Waals surface area contributed by atoms with Crippen molar-refractivity contribution in [3.05, 3.63) is 74.5 Å². The molecule has 0 unspecified atom stereocenters. The number of carbonyl (C=O) groups excluding carboxylic acids is 3. The Morgan fingerprint density at radius 3 is 2.29 bits per heavy atom. The number of amides is 1. The molecule has 1 N–H and O–H groups in total. The van der Waals surface area contributed by atoms with Crippen molar-refractivity contribution in [2.45, 2.75) is 51.4 Å². The number of ether oxygens (including phenoxy) is 2. The molecule has 38 heavy (non-hydrogen) atoms. The number of nitrogens with one attached hydrogen (secondary N) is 1. The third kappa shape index (κ3) is 4.89. The SMILES string of the molecule is COc1cc(C2C3=C(CCCC3=O)N(C)C3=C2C(=O)CCC3)cc(Br)c1OCC(=O)Nc1cccc(C)c1. The van der Waals surface area contributed by atoms with E-state index in [2.05, 4.69) is 26.1 Å². The predicted octanol–water partition coefficient (Wildman–Crippen LogP) is 5.83. The fourth-order valence-electron chi connectivity index (χ4n) is 5.79. The second-order valence-electron chi connectivity index (χ2n) is 10.0. The Labute approximate surface area is 231 Å². The fourth-order valence-corrected chi connectivity index (χ4v) is 6.36. The third-order valence-electron chi connectivity index (χ3n) is 7.48. The highest BCUT2D eigenvalue weighted by atomic mass is 79.9. The number of halogens is 1. The molecule has 0 saturated carbocycles. The zero-order valence-electron chi connectivity index (χ0n) is 21.9. The van der Waals surface area contributed by atoms with Gasteiger partial charge in [-0.25, -0.2) is 0 Å². The molecule has 0 radical (unpaired) electrons. The van der Waals surface area contributed by atoms with Gasteiger partial charge in [-0.05, 0) is 83.9 Å². The maximum atomic E-state index is 13.3. The van der Waals surface area contributed by atoms with Gasteiger partial charge in [0.2, 0.25) is 0 Å². The average Bonchev–Trinajstić information content (AvgIpc) is 2.89. The van der Waals surface area contributed by atoms with Crippen molar-refractivity contribution in [2.24, 2.45) is 0 Å². The molecule has 1 heterocycles. The Balaban J connectivity index is 1.48. The molecule has 0 fully saturated rings. The van der Waals surface area contributed by atoms with Crippen molar-refractivity contribution in [3.8, 4) is 11.5 Å². The van der Waals surface area contributed by atoms with Crippen molar-refractivity contribution >= 4 is 39.1 Å². The molecule has 2 aliphatic carbocycles. The Morgan fingerprint density at radius 2 is 1.68 bits per heavy atom. The molecular formula is C30H31BrN2O5. The second kappa shape index (κ2) is 10.8. The quantitative estimate of drug-likeness (QED) is 0.464. The lowest BCUT2D eigenvalue weighted by Gasteiger charge is -2.42. The van der Waals surface area contributed by atoms with E-state index in [1.165, 1.54) is 7.11 Å². The van der Waals surface area contributed by atoms with Crippen LogP contribution in [0.3, 0.4) is 0 Å². The van der Waals surface area contributed by atoms with Crippen LogP contribution in [0.25, 0.3) is 0 Å². The van der Waals surface area contributed by atoms with Gasteiger partial charge in [0.1, 0.15) is 0 Å². The first-order valence-corrected chi connectivity index (χ1v) is 13.7. The van der Waals surface area contributed by atoms with E-state index in [1.807, 2.05) is 50.4 Å². The van der Waals surface area contributed by atoms with Crippen molar-refractivity contribution in [3.63, 3.8) is 0 Å². The van der Waals surface area contributed by atoms with E-state index >= 15 is 0 Å². The number of rotatable bonds is 6. The molecule has 0 atom stereocenters. The number of aryl methyl sites for hydroxylation is 1. The van der Waals surface area contributed by atoms with E-state index in [0.717, 1.165) is 48.2 Å². The monoisotopic (exact) mass is 578 g/mol. The van der Waals surface area contributed by atoms with Crippen molar-refractivity contribution in [2.75, 3.05) is 26.1 Å². The number of anilines is 1. The minimum Gasteiger partial charge on any atom is -0.493 e. The molecule has 5 rings (SSSR count). The molecule has 2 aromatic rings. The number of ketones is 2. The lowest BCUT2D eigenvalue weighted by molar-refractivity contribution is -0.118. The van der Waals surface area contributed by atoms with E-state index in [0.29, 0.717) is 45.6 Å². The zero-order chi connectivity index (χ0) is 27.0. The van der Waals surface area contributed by atoms with E-state index in [4.69, 9.17) is 9.47 Å². The molecule has 1 amide bonds. The molecular weight excluding hydrogens is 548 g/mol. The summed E-state index contributed by atoms with van der Waals surface area (Å²) in [6, 6.07) is 11.3. The van der Waals surface area contributed by atoms with Crippen molar-refractivity contribution in [1.29, 1.82) is 0 Å². The number of nitrogens with zero attached hydrogens (tertiary/aromatic N) is 1. The number of methoxy groups -OCH3 is 1. The lowest BCUT2D eigenvalue weighted by Crippen LogP contribution is -2.37. The summed E-state index contributed by atoms with van der Waals surface area (Å²) in [6.07, 6.45) is 4.22. The summed E-state index contributed by atoms with van der Waals surface area (Å²) >= 11 is 3.60. The first kappa shape index (κ1) is 26.2. The number of Topliss-reactive ketones (excluding diaryl/α,β-unsaturated/α-hetero) is 2. The van der Waals surface area contributed by atoms with Crippen LogP contribution >= 0.6 is 15.9 Å². The van der Waals surface area contributed by atoms with Crippen LogP contribution in [-0.4, -0.2) is 43.1 Å². The predicted molar refractivity (Wildman–Crippen MR) is 148 cm³/mol. The lowest BCUT2D eigenvalue weighted by atomic mass is 9.71. The maximum absolute atomic E-state index is 13.3. The highest BCUT2D eigenvalue weighted by Gasteiger charge is 2.42. The molecule has 0 aromatic heterocycles. The minimum atomic E-state index is -0.444. The largest absolute Gasteiger partial charge is 0.493 e. The van der Waals surface area contributed by atoms with Gasteiger partial charge < -0.3 is 19.7 Å². The van der Waals surface area contributed by atoms with Crippen LogP contribution in [0.4, 0.5) is 5.69 Å². The topological polar surface area (TPSA) is 84.9 Å². The number of hydrogen-bond acceptors (Lipinski definition) is 6. The average molecular weight is 579 g/mol. The van der Waals surface area contributed by atoms with E-state index in [-0.39, 0.29) is 24.1 Å². The summed E-state index contributed by atoms with van der Waals surface area (Å²) in [5, 5.41) is 2.84. The first-order chi connectivity index (χ1) is 18.3. The fraction of sp³-hybridized carbons (Fsp3) is 0.367. The molecule has 8 heteroatoms. The van der Waals surface area contributed by atoms with E-state index < -0.39 is 5.92 Å². The van der Waals surface area contributed by atoms with Gasteiger partial charge in [-0.1, -0.05) is 12.1 Å². The third-order valence-corrected chi connectivity index (χ3v) is 8.07. The van der Waals surface area contributed by atoms with E-state index in [9.17, 15) is 14.4 Å². The van der Waals surface area contributed by atoms with Crippen LogP contribution in [-0.2, 0) is 14.4 Å². The van der Waals surface area contributed by atoms with Crippen molar-refractivity contribution in [1.82, 2.24) is 4.90 Å². The van der Waals surface area contributed by atoms with Gasteiger partial charge in [0.15, 0.2) is 29.7 Å². The summed E-state index contributed by atoms with van der Waals surface area (Å²) in [4.78, 5) is 41.2. The van der Waals surface area contributed by atoms with Gasteiger partial charge in [0.05, 0.1) is 11.6 Å². The number of hydrogen-bond donors (Lipinski definition) is 1. The van der Waals surface area contributed by atoms with Gasteiger partial charge in [-0.15, -0.1) is 0 Å². The number of allylic oxidation sites excluding steroid dienone is 4. The van der Waals surface area contributed by atoms with Crippen LogP contribution < -0.4 is 14.8 Å². The summed E-state index contributed by atoms with van der Waals surface area (Å²) in [6.45, 7) is 1.75. The Morgan fingerprint density at radius 1 is 1.03 bits per heavy atom. The van der Waals surface area contributed by atoms with Gasteiger partial charge in [-0.2, -0.15) is 0 Å². The Bertz CT molecular complexity index is 1350. The highest BCUT2D eigenvalue weighted by molar-refractivity contribution is 9.10. The number of carbonyl (C=O) groups is 3. The molecule has 1 aliphatic heterocycles. The summed E-state index contributed by atoms with van der Waals surface area (Å²) in [5.74, 6) is 0.256. The maximum Gasteiger partial charge on any atom is 0.262 e. The van der Waals surface area contributed by atoms with Crippen LogP contribution in [0, 0.1) is 6.92 Å². The van der Waals surface area contributed by atoms with Gasteiger partial charge >= 0.3 is 0 Å². The van der Waals surface area contributed by atoms with Crippen LogP contribution in [0.5, 0.6) is 11.5 Å². The highest BCUT2D eigenvalue weighted by Crippen LogP contribution is 2.50. The molecule has 0 saturated heterocycles. The van der Waals surface area contributed by atoms with Gasteiger partial charge in [-0.3, -0.25) is 14.4 Å². The van der Waals surface area contributed by atoms with E-state index in [1.54, 1.807) is 0 Å². The first-order valence-electron chi connectivity index (χ1n) is 12.9. The van der Waals surface area contributed by atoms with Crippen LogP contribution in [0.1, 0.15) is 55.6 Å². The molecule has 0 bridgehead atoms. The summed E-state index contributed by atoms with van der Waals surface area (Å²) in [7, 11) is 3.51. The normalized spacial score (nSPS) is 17.8.